The molecule has 11 rings (SSSR count). The van der Waals surface area contributed by atoms with E-state index in [0.717, 1.165) is 55.1 Å². The topological polar surface area (TPSA) is 55.1 Å². The fourth-order valence-corrected chi connectivity index (χ4v) is 7.83. The Kier molecular flexibility index (Phi) is 6.18. The summed E-state index contributed by atoms with van der Waals surface area (Å²) >= 11 is 0. The number of hydrogen-bond donors (Lipinski definition) is 0. The summed E-state index contributed by atoms with van der Waals surface area (Å²) in [4.78, 5) is 17.6. The summed E-state index contributed by atoms with van der Waals surface area (Å²) in [5.74, 6) is 1.86. The third kappa shape index (κ3) is 4.39. The van der Waals surface area contributed by atoms with Crippen LogP contribution in [0.5, 0.6) is 0 Å². The highest BCUT2D eigenvalue weighted by Crippen LogP contribution is 2.52. The van der Waals surface area contributed by atoms with Crippen molar-refractivity contribution in [3.8, 4) is 45.3 Å². The molecule has 0 N–H and O–H groups in total. The summed E-state index contributed by atoms with van der Waals surface area (Å²) in [6, 6.07) is 59.3. The normalized spacial score (nSPS) is 12.2. The highest BCUT2D eigenvalue weighted by atomic mass is 16.3. The highest BCUT2D eigenvalue weighted by molar-refractivity contribution is 6.16. The molecule has 0 atom stereocenters. The van der Waals surface area contributed by atoms with Gasteiger partial charge in [0, 0.05) is 43.8 Å². The van der Waals surface area contributed by atoms with Crippen LogP contribution in [0.2, 0.25) is 0 Å². The molecule has 8 aromatic carbocycles. The molecular formula is C47H28N4O. The minimum absolute atomic E-state index is 0.613. The zero-order valence-electron chi connectivity index (χ0n) is 27.9. The predicted octanol–water partition coefficient (Wildman–Crippen LogP) is 12.5. The lowest BCUT2D eigenvalue weighted by atomic mass is 9.90. The van der Waals surface area contributed by atoms with Crippen molar-refractivity contribution in [2.24, 2.45) is 0 Å². The first-order valence-electron chi connectivity index (χ1n) is 17.4. The van der Waals surface area contributed by atoms with Gasteiger partial charge < -0.3 is 9.32 Å². The van der Waals surface area contributed by atoms with Gasteiger partial charge in [0.25, 0.3) is 0 Å². The Morgan fingerprint density at radius 1 is 0.365 bits per heavy atom. The Morgan fingerprint density at radius 2 is 0.981 bits per heavy atom. The van der Waals surface area contributed by atoms with Crippen LogP contribution < -0.4 is 4.90 Å². The summed E-state index contributed by atoms with van der Waals surface area (Å²) in [5.41, 5.74) is 10.4. The molecular weight excluding hydrogens is 637 g/mol. The van der Waals surface area contributed by atoms with Gasteiger partial charge in [-0.2, -0.15) is 0 Å². The molecule has 1 aliphatic heterocycles. The predicted molar refractivity (Wildman–Crippen MR) is 212 cm³/mol. The molecule has 1 aliphatic rings. The molecule has 0 spiro atoms. The standard InChI is InChI=1S/C47H28N4O/c1-2-11-30(12-3-1)45-48-46(50-47(49-45)33-24-26-43-38(28-33)36-17-5-7-22-42(36)52-43)32-23-25-34-31(27-32)15-10-20-39(34)51-40-19-6-4-16-35(40)37-18-8-13-29-14-9-21-41(51)44(29)37/h1-28H. The van der Waals surface area contributed by atoms with Crippen molar-refractivity contribution in [3.63, 3.8) is 0 Å². The number of rotatable bonds is 4. The molecule has 3 heterocycles. The molecule has 0 saturated carbocycles. The van der Waals surface area contributed by atoms with Crippen LogP contribution in [0.15, 0.2) is 174 Å². The first-order valence-corrected chi connectivity index (χ1v) is 17.4. The van der Waals surface area contributed by atoms with Gasteiger partial charge >= 0.3 is 0 Å². The smallest absolute Gasteiger partial charge is 0.164 e. The number of benzene rings is 8. The number of fused-ring (bicyclic) bond motifs is 6. The van der Waals surface area contributed by atoms with Crippen molar-refractivity contribution in [1.82, 2.24) is 15.0 Å². The van der Waals surface area contributed by atoms with Crippen LogP contribution in [0.4, 0.5) is 17.1 Å². The molecule has 0 aliphatic carbocycles. The van der Waals surface area contributed by atoms with E-state index in [1.54, 1.807) is 0 Å². The summed E-state index contributed by atoms with van der Waals surface area (Å²) < 4.78 is 6.12. The molecule has 5 heteroatoms. The van der Waals surface area contributed by atoms with Crippen LogP contribution >= 0.6 is 0 Å². The third-order valence-electron chi connectivity index (χ3n) is 10.2. The van der Waals surface area contributed by atoms with Gasteiger partial charge in [0.15, 0.2) is 17.5 Å². The SMILES string of the molecule is c1ccc(-c2nc(-c3ccc4c(N5c6ccccc6-c6cccc7cccc5c67)cccc4c3)nc(-c3ccc4oc5ccccc5c4c3)n2)cc1. The Balaban J connectivity index is 1.08. The van der Waals surface area contributed by atoms with Gasteiger partial charge in [0.05, 0.1) is 17.1 Å². The van der Waals surface area contributed by atoms with Crippen LogP contribution in [0.1, 0.15) is 0 Å². The maximum Gasteiger partial charge on any atom is 0.164 e. The summed E-state index contributed by atoms with van der Waals surface area (Å²) in [6.07, 6.45) is 0. The zero-order valence-corrected chi connectivity index (χ0v) is 27.9. The van der Waals surface area contributed by atoms with Crippen LogP contribution in [-0.2, 0) is 0 Å². The van der Waals surface area contributed by atoms with E-state index in [4.69, 9.17) is 19.4 Å². The molecule has 2 aromatic heterocycles. The molecule has 52 heavy (non-hydrogen) atoms. The van der Waals surface area contributed by atoms with Crippen molar-refractivity contribution in [2.75, 3.05) is 4.90 Å². The number of aromatic nitrogens is 3. The fourth-order valence-electron chi connectivity index (χ4n) is 7.83. The van der Waals surface area contributed by atoms with E-state index in [1.165, 1.54) is 33.3 Å². The van der Waals surface area contributed by atoms with E-state index >= 15 is 0 Å². The van der Waals surface area contributed by atoms with E-state index in [-0.39, 0.29) is 0 Å². The Morgan fingerprint density at radius 3 is 1.85 bits per heavy atom. The molecule has 0 bridgehead atoms. The van der Waals surface area contributed by atoms with E-state index < -0.39 is 0 Å². The van der Waals surface area contributed by atoms with Crippen molar-refractivity contribution < 1.29 is 4.42 Å². The lowest BCUT2D eigenvalue weighted by Crippen LogP contribution is -2.15. The molecule has 0 saturated heterocycles. The molecule has 10 aromatic rings. The second-order valence-corrected chi connectivity index (χ2v) is 13.2. The number of anilines is 3. The molecule has 0 fully saturated rings. The minimum atomic E-state index is 0.613. The van der Waals surface area contributed by atoms with Gasteiger partial charge in [0.1, 0.15) is 11.2 Å². The summed E-state index contributed by atoms with van der Waals surface area (Å²) in [5, 5.41) is 6.85. The molecule has 0 amide bonds. The quantitative estimate of drug-likeness (QED) is 0.187. The van der Waals surface area contributed by atoms with Crippen LogP contribution in [0, 0.1) is 0 Å². The van der Waals surface area contributed by atoms with Gasteiger partial charge in [-0.05, 0) is 64.9 Å². The van der Waals surface area contributed by atoms with E-state index in [2.05, 4.69) is 114 Å². The number of nitrogens with zero attached hydrogens (tertiary/aromatic N) is 4. The zero-order chi connectivity index (χ0) is 34.2. The number of para-hydroxylation sites is 2. The molecule has 5 nitrogen and oxygen atoms in total. The maximum atomic E-state index is 6.12. The lowest BCUT2D eigenvalue weighted by molar-refractivity contribution is 0.669. The minimum Gasteiger partial charge on any atom is -0.456 e. The van der Waals surface area contributed by atoms with E-state index in [0.29, 0.717) is 17.5 Å². The third-order valence-corrected chi connectivity index (χ3v) is 10.2. The monoisotopic (exact) mass is 664 g/mol. The number of furan rings is 1. The van der Waals surface area contributed by atoms with Gasteiger partial charge in [-0.15, -0.1) is 0 Å². The van der Waals surface area contributed by atoms with Crippen LogP contribution in [0.25, 0.3) is 88.8 Å². The first-order chi connectivity index (χ1) is 25.8. The summed E-state index contributed by atoms with van der Waals surface area (Å²) in [7, 11) is 0. The van der Waals surface area contributed by atoms with Gasteiger partial charge in [-0.25, -0.2) is 15.0 Å². The fraction of sp³-hybridized carbons (Fsp3) is 0. The largest absolute Gasteiger partial charge is 0.456 e. The molecule has 0 unspecified atom stereocenters. The Bertz CT molecular complexity index is 3030. The molecule has 242 valence electrons. The average molecular weight is 665 g/mol. The van der Waals surface area contributed by atoms with E-state index in [9.17, 15) is 0 Å². The first kappa shape index (κ1) is 28.7. The second-order valence-electron chi connectivity index (χ2n) is 13.2. The Labute approximate surface area is 299 Å². The van der Waals surface area contributed by atoms with Crippen LogP contribution in [0.3, 0.4) is 0 Å². The van der Waals surface area contributed by atoms with E-state index in [1.807, 2.05) is 60.7 Å². The molecule has 0 radical (unpaired) electrons. The van der Waals surface area contributed by atoms with Gasteiger partial charge in [0.2, 0.25) is 0 Å². The Hall–Kier alpha value is -7.11. The second kappa shape index (κ2) is 11.2. The van der Waals surface area contributed by atoms with Crippen molar-refractivity contribution in [1.29, 1.82) is 0 Å². The maximum absolute atomic E-state index is 6.12. The lowest BCUT2D eigenvalue weighted by Gasteiger charge is -2.34. The highest BCUT2D eigenvalue weighted by Gasteiger charge is 2.26. The number of hydrogen-bond acceptors (Lipinski definition) is 5. The van der Waals surface area contributed by atoms with Crippen molar-refractivity contribution in [3.05, 3.63) is 170 Å². The van der Waals surface area contributed by atoms with Gasteiger partial charge in [-0.1, -0.05) is 121 Å². The average Bonchev–Trinajstić information content (AvgIpc) is 3.59. The summed E-state index contributed by atoms with van der Waals surface area (Å²) in [6.45, 7) is 0. The van der Waals surface area contributed by atoms with Gasteiger partial charge in [-0.3, -0.25) is 0 Å². The van der Waals surface area contributed by atoms with Crippen molar-refractivity contribution >= 4 is 60.5 Å². The van der Waals surface area contributed by atoms with Crippen molar-refractivity contribution in [2.45, 2.75) is 0 Å². The van der Waals surface area contributed by atoms with Crippen LogP contribution in [-0.4, -0.2) is 15.0 Å².